The summed E-state index contributed by atoms with van der Waals surface area (Å²) in [6.45, 7) is 16.2. The molecule has 3 heteroatoms. The molecule has 0 aromatic rings. The number of aliphatic hydroxyl groups excluding tert-OH is 1. The summed E-state index contributed by atoms with van der Waals surface area (Å²) in [5, 5.41) is 21.0. The Bertz CT molecular complexity index is 591. The lowest BCUT2D eigenvalue weighted by molar-refractivity contribution is -0.0123. The first-order valence-corrected chi connectivity index (χ1v) is 14.5. The Balaban J connectivity index is 2.39. The van der Waals surface area contributed by atoms with E-state index in [0.717, 1.165) is 64.4 Å². The number of rotatable bonds is 18. The van der Waals surface area contributed by atoms with E-state index in [4.69, 9.17) is 4.74 Å². The molecule has 6 atom stereocenters. The van der Waals surface area contributed by atoms with Crippen molar-refractivity contribution in [2.45, 2.75) is 150 Å². The van der Waals surface area contributed by atoms with Crippen LogP contribution in [0.15, 0.2) is 23.3 Å². The van der Waals surface area contributed by atoms with Gasteiger partial charge in [-0.2, -0.15) is 0 Å². The largest absolute Gasteiger partial charge is 0.390 e. The van der Waals surface area contributed by atoms with E-state index in [1.807, 2.05) is 6.92 Å². The Morgan fingerprint density at radius 3 is 2.44 bits per heavy atom. The van der Waals surface area contributed by atoms with Crippen molar-refractivity contribution < 1.29 is 14.9 Å². The minimum Gasteiger partial charge on any atom is -0.390 e. The van der Waals surface area contributed by atoms with E-state index in [9.17, 15) is 10.2 Å². The third-order valence-corrected chi connectivity index (χ3v) is 8.08. The predicted molar refractivity (Wildman–Crippen MR) is 147 cm³/mol. The van der Waals surface area contributed by atoms with Crippen molar-refractivity contribution in [2.24, 2.45) is 17.8 Å². The van der Waals surface area contributed by atoms with Crippen molar-refractivity contribution >= 4 is 0 Å². The molecule has 0 radical (unpaired) electrons. The molecule has 3 nitrogen and oxygen atoms in total. The number of aliphatic hydroxyl groups is 2. The standard InChI is InChI=1S/C31H58O3/c1-8-10-12-20-31(7,33)21-14-17-24(3)15-13-16-25(4)18-19-28-23-29(32)26(5)27(6)30(28)34-22-11-9-2/h17,23,25-27,29-30,32-33H,8-16,18-22H2,1-7H3/b24-17+. The van der Waals surface area contributed by atoms with Crippen LogP contribution in [0.4, 0.5) is 0 Å². The molecule has 1 aliphatic carbocycles. The molecule has 2 N–H and O–H groups in total. The van der Waals surface area contributed by atoms with Crippen molar-refractivity contribution in [1.82, 2.24) is 0 Å². The van der Waals surface area contributed by atoms with Gasteiger partial charge in [-0.3, -0.25) is 0 Å². The monoisotopic (exact) mass is 478 g/mol. The van der Waals surface area contributed by atoms with Crippen LogP contribution in [0.2, 0.25) is 0 Å². The highest BCUT2D eigenvalue weighted by molar-refractivity contribution is 5.18. The highest BCUT2D eigenvalue weighted by Crippen LogP contribution is 2.35. The smallest absolute Gasteiger partial charge is 0.0815 e. The lowest BCUT2D eigenvalue weighted by atomic mass is 9.76. The number of allylic oxidation sites excluding steroid dienone is 2. The average Bonchev–Trinajstić information content (AvgIpc) is 2.78. The van der Waals surface area contributed by atoms with Crippen LogP contribution in [0.1, 0.15) is 132 Å². The van der Waals surface area contributed by atoms with Gasteiger partial charge < -0.3 is 14.9 Å². The quantitative estimate of drug-likeness (QED) is 0.154. The molecule has 0 heterocycles. The molecular weight excluding hydrogens is 420 g/mol. The zero-order chi connectivity index (χ0) is 25.6. The average molecular weight is 479 g/mol. The van der Waals surface area contributed by atoms with Crippen LogP contribution in [0.3, 0.4) is 0 Å². The number of unbranched alkanes of at least 4 members (excludes halogenated alkanes) is 3. The lowest BCUT2D eigenvalue weighted by Crippen LogP contribution is -2.39. The first-order valence-electron chi connectivity index (χ1n) is 14.5. The number of hydrogen-bond donors (Lipinski definition) is 2. The highest BCUT2D eigenvalue weighted by atomic mass is 16.5. The molecule has 1 aliphatic rings. The molecule has 0 aromatic heterocycles. The van der Waals surface area contributed by atoms with Gasteiger partial charge in [0.2, 0.25) is 0 Å². The molecule has 200 valence electrons. The molecule has 0 amide bonds. The van der Waals surface area contributed by atoms with E-state index in [2.05, 4.69) is 53.7 Å². The Hall–Kier alpha value is -0.640. The van der Waals surface area contributed by atoms with E-state index >= 15 is 0 Å². The van der Waals surface area contributed by atoms with Gasteiger partial charge >= 0.3 is 0 Å². The van der Waals surface area contributed by atoms with E-state index in [0.29, 0.717) is 11.8 Å². The van der Waals surface area contributed by atoms with Gasteiger partial charge in [0.15, 0.2) is 0 Å². The molecule has 0 aliphatic heterocycles. The molecular formula is C31H58O3. The van der Waals surface area contributed by atoms with Gasteiger partial charge in [0.25, 0.3) is 0 Å². The summed E-state index contributed by atoms with van der Waals surface area (Å²) in [4.78, 5) is 0. The van der Waals surface area contributed by atoms with Gasteiger partial charge in [0.05, 0.1) is 17.8 Å². The summed E-state index contributed by atoms with van der Waals surface area (Å²) in [5.74, 6) is 1.29. The maximum absolute atomic E-state index is 10.5. The van der Waals surface area contributed by atoms with Crippen molar-refractivity contribution in [3.05, 3.63) is 23.3 Å². The number of ether oxygens (including phenoxy) is 1. The highest BCUT2D eigenvalue weighted by Gasteiger charge is 2.34. The Morgan fingerprint density at radius 2 is 1.76 bits per heavy atom. The van der Waals surface area contributed by atoms with E-state index in [-0.39, 0.29) is 18.1 Å². The van der Waals surface area contributed by atoms with Crippen molar-refractivity contribution in [1.29, 1.82) is 0 Å². The van der Waals surface area contributed by atoms with Crippen LogP contribution in [0.5, 0.6) is 0 Å². The molecule has 6 unspecified atom stereocenters. The minimum atomic E-state index is -0.519. The van der Waals surface area contributed by atoms with Crippen LogP contribution in [-0.4, -0.2) is 34.6 Å². The third-order valence-electron chi connectivity index (χ3n) is 8.08. The van der Waals surface area contributed by atoms with E-state index < -0.39 is 5.60 Å². The van der Waals surface area contributed by atoms with Gasteiger partial charge in [-0.15, -0.1) is 0 Å². The molecule has 0 saturated heterocycles. The van der Waals surface area contributed by atoms with Gasteiger partial charge in [-0.1, -0.05) is 84.4 Å². The molecule has 0 saturated carbocycles. The topological polar surface area (TPSA) is 49.7 Å². The zero-order valence-electron chi connectivity index (χ0n) is 23.7. The second-order valence-corrected chi connectivity index (χ2v) is 11.7. The minimum absolute atomic E-state index is 0.168. The lowest BCUT2D eigenvalue weighted by Gasteiger charge is -2.37. The maximum Gasteiger partial charge on any atom is 0.0815 e. The number of hydrogen-bond acceptors (Lipinski definition) is 3. The normalized spacial score (nSPS) is 26.3. The van der Waals surface area contributed by atoms with Crippen LogP contribution in [0, 0.1) is 17.8 Å². The second-order valence-electron chi connectivity index (χ2n) is 11.7. The predicted octanol–water partition coefficient (Wildman–Crippen LogP) is 8.39. The SMILES string of the molecule is CCCCCC(C)(O)CC/C=C(\C)CCCC(C)CCC1=CC(O)C(C)C(C)C1OCCCC. The summed E-state index contributed by atoms with van der Waals surface area (Å²) >= 11 is 0. The summed E-state index contributed by atoms with van der Waals surface area (Å²) in [6.07, 6.45) is 18.6. The first kappa shape index (κ1) is 31.4. The van der Waals surface area contributed by atoms with Crippen LogP contribution >= 0.6 is 0 Å². The first-order chi connectivity index (χ1) is 16.1. The summed E-state index contributed by atoms with van der Waals surface area (Å²) in [6, 6.07) is 0. The Kier molecular flexibility index (Phi) is 15.6. The summed E-state index contributed by atoms with van der Waals surface area (Å²) in [5.41, 5.74) is 2.26. The van der Waals surface area contributed by atoms with E-state index in [1.54, 1.807) is 0 Å². The van der Waals surface area contributed by atoms with Crippen molar-refractivity contribution in [2.75, 3.05) is 6.61 Å². The summed E-state index contributed by atoms with van der Waals surface area (Å²) < 4.78 is 6.30. The molecule has 0 spiro atoms. The molecule has 0 aromatic carbocycles. The Labute approximate surface area is 212 Å². The van der Waals surface area contributed by atoms with E-state index in [1.165, 1.54) is 36.8 Å². The molecule has 0 bridgehead atoms. The second kappa shape index (κ2) is 16.9. The molecule has 0 fully saturated rings. The van der Waals surface area contributed by atoms with Gasteiger partial charge in [-0.05, 0) is 88.5 Å². The fourth-order valence-corrected chi connectivity index (χ4v) is 5.13. The van der Waals surface area contributed by atoms with Gasteiger partial charge in [-0.25, -0.2) is 0 Å². The maximum atomic E-state index is 10.5. The van der Waals surface area contributed by atoms with Crippen molar-refractivity contribution in [3.63, 3.8) is 0 Å². The van der Waals surface area contributed by atoms with Crippen molar-refractivity contribution in [3.8, 4) is 0 Å². The van der Waals surface area contributed by atoms with Gasteiger partial charge in [0, 0.05) is 6.61 Å². The van der Waals surface area contributed by atoms with Crippen LogP contribution < -0.4 is 0 Å². The van der Waals surface area contributed by atoms with Crippen LogP contribution in [-0.2, 0) is 4.74 Å². The fourth-order valence-electron chi connectivity index (χ4n) is 5.13. The fraction of sp³-hybridized carbons (Fsp3) is 0.871. The molecule has 1 rings (SSSR count). The van der Waals surface area contributed by atoms with Crippen LogP contribution in [0.25, 0.3) is 0 Å². The summed E-state index contributed by atoms with van der Waals surface area (Å²) in [7, 11) is 0. The Morgan fingerprint density at radius 1 is 1.06 bits per heavy atom. The van der Waals surface area contributed by atoms with Gasteiger partial charge in [0.1, 0.15) is 0 Å². The molecule has 34 heavy (non-hydrogen) atoms. The zero-order valence-corrected chi connectivity index (χ0v) is 23.7. The third kappa shape index (κ3) is 12.4.